The molecule has 1 aromatic carbocycles. The molecule has 0 unspecified atom stereocenters. The van der Waals surface area contributed by atoms with Crippen molar-refractivity contribution in [1.29, 1.82) is 0 Å². The van der Waals surface area contributed by atoms with Gasteiger partial charge in [0.15, 0.2) is 5.83 Å². The highest BCUT2D eigenvalue weighted by Gasteiger charge is 1.97. The Morgan fingerprint density at radius 3 is 2.50 bits per heavy atom. The van der Waals surface area contributed by atoms with Crippen molar-refractivity contribution in [1.82, 2.24) is 0 Å². The second kappa shape index (κ2) is 5.60. The van der Waals surface area contributed by atoms with Gasteiger partial charge in [-0.25, -0.2) is 4.39 Å². The molecule has 4 heteroatoms. The van der Waals surface area contributed by atoms with Gasteiger partial charge in [-0.2, -0.15) is 0 Å². The molecule has 0 radical (unpaired) electrons. The molecule has 0 heterocycles. The molecule has 0 spiro atoms. The lowest BCUT2D eigenvalue weighted by Crippen LogP contribution is -1.86. The van der Waals surface area contributed by atoms with E-state index in [0.717, 1.165) is 18.7 Å². The quantitative estimate of drug-likeness (QED) is 0.622. The minimum atomic E-state index is -0.634. The van der Waals surface area contributed by atoms with Crippen molar-refractivity contribution in [3.8, 4) is 0 Å². The van der Waals surface area contributed by atoms with Crippen molar-refractivity contribution in [3.63, 3.8) is 0 Å². The number of carbonyl (C=O) groups excluding carboxylic acids is 1. The molecular weight excluding hydrogens is 207 g/mol. The number of hydrogen-bond donors (Lipinski definition) is 1. The normalized spacial score (nSPS) is 11.7. The van der Waals surface area contributed by atoms with Gasteiger partial charge in [-0.05, 0) is 5.56 Å². The molecular formula is C12H11FN2O. The summed E-state index contributed by atoms with van der Waals surface area (Å²) in [6.07, 6.45) is 2.54. The Kier molecular flexibility index (Phi) is 4.15. The summed E-state index contributed by atoms with van der Waals surface area (Å²) in [6, 6.07) is 6.65. The summed E-state index contributed by atoms with van der Waals surface area (Å²) in [5, 5.41) is 0. The fourth-order valence-electron chi connectivity index (χ4n) is 1.01. The number of nitrogens with two attached hydrogens (primary N) is 1. The van der Waals surface area contributed by atoms with E-state index in [0.29, 0.717) is 16.8 Å². The second-order valence-electron chi connectivity index (χ2n) is 3.00. The van der Waals surface area contributed by atoms with Crippen LogP contribution < -0.4 is 5.73 Å². The monoisotopic (exact) mass is 218 g/mol. The van der Waals surface area contributed by atoms with E-state index in [-0.39, 0.29) is 0 Å². The minimum absolute atomic E-state index is 0.398. The smallest absolute Gasteiger partial charge is 0.156 e. The average Bonchev–Trinajstić information content (AvgIpc) is 2.35. The van der Waals surface area contributed by atoms with Gasteiger partial charge in [0.1, 0.15) is 6.29 Å². The summed E-state index contributed by atoms with van der Waals surface area (Å²) < 4.78 is 12.6. The van der Waals surface area contributed by atoms with Gasteiger partial charge < -0.3 is 5.73 Å². The van der Waals surface area contributed by atoms with E-state index in [1.807, 2.05) is 0 Å². The summed E-state index contributed by atoms with van der Waals surface area (Å²) in [6.45, 7) is 3.67. The Bertz CT molecular complexity index is 447. The lowest BCUT2D eigenvalue weighted by molar-refractivity contribution is 0.112. The van der Waals surface area contributed by atoms with Gasteiger partial charge in [-0.3, -0.25) is 9.79 Å². The highest BCUT2D eigenvalue weighted by Crippen LogP contribution is 2.14. The number of aldehydes is 1. The van der Waals surface area contributed by atoms with Gasteiger partial charge in [-0.15, -0.1) is 0 Å². The minimum Gasteiger partial charge on any atom is -0.402 e. The van der Waals surface area contributed by atoms with Crippen LogP contribution in [0.1, 0.15) is 15.9 Å². The molecule has 0 aliphatic carbocycles. The Labute approximate surface area is 92.8 Å². The van der Waals surface area contributed by atoms with Crippen molar-refractivity contribution < 1.29 is 9.18 Å². The van der Waals surface area contributed by atoms with E-state index in [1.54, 1.807) is 24.3 Å². The number of hydrogen-bond acceptors (Lipinski definition) is 3. The van der Waals surface area contributed by atoms with Crippen molar-refractivity contribution in [2.24, 2.45) is 10.7 Å². The van der Waals surface area contributed by atoms with Crippen molar-refractivity contribution in [2.75, 3.05) is 0 Å². The van der Waals surface area contributed by atoms with Crippen LogP contribution in [0, 0.1) is 0 Å². The third-order valence-corrected chi connectivity index (χ3v) is 1.88. The zero-order valence-electron chi connectivity index (χ0n) is 8.56. The molecule has 0 bridgehead atoms. The molecule has 0 aliphatic rings. The van der Waals surface area contributed by atoms with E-state index >= 15 is 0 Å². The molecule has 1 aromatic rings. The predicted octanol–water partition coefficient (Wildman–Crippen LogP) is 2.31. The third kappa shape index (κ3) is 3.16. The molecule has 0 saturated heterocycles. The number of carbonyl (C=O) groups is 1. The van der Waals surface area contributed by atoms with Gasteiger partial charge in [-0.1, -0.05) is 30.8 Å². The van der Waals surface area contributed by atoms with Crippen LogP contribution in [0.5, 0.6) is 0 Å². The topological polar surface area (TPSA) is 55.4 Å². The first-order valence-electron chi connectivity index (χ1n) is 4.53. The SMILES string of the molecule is C=C(N=C/C(F)=C\N)c1ccc(C=O)cc1. The molecule has 0 fully saturated rings. The predicted molar refractivity (Wildman–Crippen MR) is 62.7 cm³/mol. The maximum Gasteiger partial charge on any atom is 0.156 e. The van der Waals surface area contributed by atoms with Crippen molar-refractivity contribution in [2.45, 2.75) is 0 Å². The van der Waals surface area contributed by atoms with Crippen LogP contribution in [0.3, 0.4) is 0 Å². The lowest BCUT2D eigenvalue weighted by Gasteiger charge is -1.99. The first-order chi connectivity index (χ1) is 7.67. The first-order valence-corrected chi connectivity index (χ1v) is 4.53. The molecule has 0 aliphatic heterocycles. The molecule has 0 aromatic heterocycles. The first kappa shape index (κ1) is 11.8. The fourth-order valence-corrected chi connectivity index (χ4v) is 1.01. The van der Waals surface area contributed by atoms with Crippen LogP contribution in [-0.4, -0.2) is 12.5 Å². The Morgan fingerprint density at radius 1 is 1.38 bits per heavy atom. The number of aliphatic imine (C=N–C) groups is 1. The fraction of sp³-hybridized carbons (Fsp3) is 0. The maximum atomic E-state index is 12.6. The summed E-state index contributed by atoms with van der Waals surface area (Å²) in [5.41, 5.74) is 6.61. The van der Waals surface area contributed by atoms with E-state index in [4.69, 9.17) is 5.73 Å². The molecule has 0 saturated carbocycles. The Hall–Kier alpha value is -2.23. The highest BCUT2D eigenvalue weighted by molar-refractivity contribution is 5.82. The summed E-state index contributed by atoms with van der Waals surface area (Å²) in [5.74, 6) is -0.634. The van der Waals surface area contributed by atoms with Gasteiger partial charge in [0.25, 0.3) is 0 Å². The number of rotatable bonds is 4. The number of nitrogens with zero attached hydrogens (tertiary/aromatic N) is 1. The van der Waals surface area contributed by atoms with E-state index in [1.165, 1.54) is 0 Å². The van der Waals surface area contributed by atoms with Crippen LogP contribution in [-0.2, 0) is 0 Å². The third-order valence-electron chi connectivity index (χ3n) is 1.88. The van der Waals surface area contributed by atoms with Crippen molar-refractivity contribution in [3.05, 3.63) is 54.0 Å². The Morgan fingerprint density at radius 2 is 2.00 bits per heavy atom. The molecule has 82 valence electrons. The highest BCUT2D eigenvalue weighted by atomic mass is 19.1. The summed E-state index contributed by atoms with van der Waals surface area (Å²) in [4.78, 5) is 14.2. The molecule has 1 rings (SSSR count). The average molecular weight is 218 g/mol. The molecule has 2 N–H and O–H groups in total. The van der Waals surface area contributed by atoms with Crippen LogP contribution in [0.4, 0.5) is 4.39 Å². The van der Waals surface area contributed by atoms with E-state index in [2.05, 4.69) is 11.6 Å². The molecule has 16 heavy (non-hydrogen) atoms. The van der Waals surface area contributed by atoms with Crippen LogP contribution >= 0.6 is 0 Å². The van der Waals surface area contributed by atoms with Gasteiger partial charge >= 0.3 is 0 Å². The largest absolute Gasteiger partial charge is 0.402 e. The van der Waals surface area contributed by atoms with Crippen LogP contribution in [0.15, 0.2) is 47.9 Å². The summed E-state index contributed by atoms with van der Waals surface area (Å²) >= 11 is 0. The maximum absolute atomic E-state index is 12.6. The lowest BCUT2D eigenvalue weighted by atomic mass is 10.1. The van der Waals surface area contributed by atoms with Crippen LogP contribution in [0.25, 0.3) is 5.70 Å². The number of allylic oxidation sites excluding steroid dienone is 1. The van der Waals surface area contributed by atoms with Crippen LogP contribution in [0.2, 0.25) is 0 Å². The van der Waals surface area contributed by atoms with Gasteiger partial charge in [0.2, 0.25) is 0 Å². The molecule has 0 amide bonds. The standard InChI is InChI=1S/C12H11FN2O/c1-9(15-7-12(13)6-14)11-4-2-10(8-16)3-5-11/h2-8H,1,14H2/b12-6+,15-7?. The zero-order valence-corrected chi connectivity index (χ0v) is 8.56. The second-order valence-corrected chi connectivity index (χ2v) is 3.00. The Balaban J connectivity index is 2.81. The number of halogens is 1. The van der Waals surface area contributed by atoms with Gasteiger partial charge in [0, 0.05) is 11.8 Å². The van der Waals surface area contributed by atoms with E-state index < -0.39 is 5.83 Å². The molecule has 0 atom stereocenters. The van der Waals surface area contributed by atoms with Crippen molar-refractivity contribution >= 4 is 18.2 Å². The number of benzene rings is 1. The van der Waals surface area contributed by atoms with Gasteiger partial charge in [0.05, 0.1) is 11.9 Å². The van der Waals surface area contributed by atoms with E-state index in [9.17, 15) is 9.18 Å². The molecule has 3 nitrogen and oxygen atoms in total. The summed E-state index contributed by atoms with van der Waals surface area (Å²) in [7, 11) is 0. The zero-order chi connectivity index (χ0) is 12.0.